The van der Waals surface area contributed by atoms with Gasteiger partial charge >= 0.3 is 6.09 Å². The summed E-state index contributed by atoms with van der Waals surface area (Å²) in [4.78, 5) is 31.2. The second-order valence-corrected chi connectivity index (χ2v) is 14.4. The summed E-state index contributed by atoms with van der Waals surface area (Å²) in [5.41, 5.74) is 6.19. The maximum absolute atomic E-state index is 13.6. The van der Waals surface area contributed by atoms with Crippen LogP contribution in [0, 0.1) is 18.3 Å². The van der Waals surface area contributed by atoms with Gasteiger partial charge in [-0.05, 0) is 75.1 Å². The molecular formula is C42H41N5O8. The zero-order chi connectivity index (χ0) is 39.0. The molecule has 0 unspecified atom stereocenters. The van der Waals surface area contributed by atoms with E-state index >= 15 is 0 Å². The molecule has 1 aliphatic heterocycles. The van der Waals surface area contributed by atoms with Crippen LogP contribution in [0.5, 0.6) is 11.5 Å². The van der Waals surface area contributed by atoms with E-state index in [4.69, 9.17) is 28.5 Å². The van der Waals surface area contributed by atoms with Crippen molar-refractivity contribution in [1.82, 2.24) is 19.7 Å². The number of aliphatic hydroxyl groups is 1. The topological polar surface area (TPSA) is 162 Å². The van der Waals surface area contributed by atoms with Crippen molar-refractivity contribution in [2.24, 2.45) is 0 Å². The number of aromatic nitrogens is 3. The first-order valence-electron chi connectivity index (χ1n) is 17.8. The monoisotopic (exact) mass is 743 g/mol. The van der Waals surface area contributed by atoms with Gasteiger partial charge in [-0.1, -0.05) is 24.3 Å². The third-order valence-corrected chi connectivity index (χ3v) is 9.72. The molecule has 2 aromatic heterocycles. The SMILES string of the molecule is COc1cc(-n2ncc3c(-c4cccc(-c5nc6cc(C=O)cc(C#N)c6o5)c4C)cccc32)cc(OC)c1CN(C(=O)OC(C)(C)C)[C@@H]1CCOC[C@@H]1O. The summed E-state index contributed by atoms with van der Waals surface area (Å²) in [6.07, 6.45) is 1.47. The van der Waals surface area contributed by atoms with Gasteiger partial charge in [-0.25, -0.2) is 14.5 Å². The lowest BCUT2D eigenvalue weighted by molar-refractivity contribution is -0.0710. The molecule has 55 heavy (non-hydrogen) atoms. The van der Waals surface area contributed by atoms with Gasteiger partial charge in [-0.2, -0.15) is 10.4 Å². The maximum Gasteiger partial charge on any atom is 0.410 e. The van der Waals surface area contributed by atoms with Gasteiger partial charge in [0.1, 0.15) is 35.0 Å². The Morgan fingerprint density at radius 3 is 2.45 bits per heavy atom. The van der Waals surface area contributed by atoms with E-state index in [2.05, 4.69) is 11.1 Å². The zero-order valence-electron chi connectivity index (χ0n) is 31.5. The number of hydrogen-bond acceptors (Lipinski definition) is 11. The molecule has 0 saturated carbocycles. The number of benzene rings is 4. The van der Waals surface area contributed by atoms with Gasteiger partial charge in [0.25, 0.3) is 0 Å². The number of amides is 1. The molecule has 1 fully saturated rings. The Hall–Kier alpha value is -6.23. The highest BCUT2D eigenvalue weighted by Gasteiger charge is 2.36. The fraction of sp³-hybridized carbons (Fsp3) is 0.310. The third-order valence-electron chi connectivity index (χ3n) is 9.72. The quantitative estimate of drug-likeness (QED) is 0.147. The fourth-order valence-electron chi connectivity index (χ4n) is 7.10. The van der Waals surface area contributed by atoms with Crippen LogP contribution < -0.4 is 9.47 Å². The number of nitrogens with zero attached hydrogens (tertiary/aromatic N) is 5. The Morgan fingerprint density at radius 1 is 1.07 bits per heavy atom. The molecule has 3 heterocycles. The lowest BCUT2D eigenvalue weighted by atomic mass is 9.94. The number of nitriles is 1. The number of aldehydes is 1. The molecule has 0 aliphatic carbocycles. The minimum atomic E-state index is -0.894. The average Bonchev–Trinajstić information content (AvgIpc) is 3.81. The number of ether oxygens (including phenoxy) is 4. The lowest BCUT2D eigenvalue weighted by Crippen LogP contribution is -2.52. The van der Waals surface area contributed by atoms with Crippen LogP contribution in [0.1, 0.15) is 54.2 Å². The minimum Gasteiger partial charge on any atom is -0.496 e. The first-order chi connectivity index (χ1) is 26.4. The van der Waals surface area contributed by atoms with Crippen molar-refractivity contribution in [1.29, 1.82) is 5.26 Å². The molecule has 0 bridgehead atoms. The second-order valence-electron chi connectivity index (χ2n) is 14.4. The third kappa shape index (κ3) is 7.09. The van der Waals surface area contributed by atoms with Gasteiger partial charge in [0, 0.05) is 35.3 Å². The molecule has 7 rings (SSSR count). The molecule has 1 amide bonds. The van der Waals surface area contributed by atoms with Crippen LogP contribution >= 0.6 is 0 Å². The standard InChI is InChI=1S/C42H41N5O8/c1-24-28(9-7-10-29(24)40-45-33-16-25(22-48)15-26(19-43)39(33)54-40)30-11-8-12-34-31(30)20-44-47(34)27-17-37(51-5)32(38(18-27)52-6)21-46(41(50)55-42(2,3)4)35-13-14-53-23-36(35)49/h7-12,15-18,20,22,35-36,49H,13-14,21,23H2,1-6H3/t35-,36+/m1/s1. The number of carbonyl (C=O) groups is 2. The normalized spacial score (nSPS) is 15.8. The van der Waals surface area contributed by atoms with Gasteiger partial charge in [0.15, 0.2) is 5.58 Å². The Bertz CT molecular complexity index is 2450. The summed E-state index contributed by atoms with van der Waals surface area (Å²) in [6, 6.07) is 20.1. The van der Waals surface area contributed by atoms with E-state index in [1.807, 2.05) is 55.5 Å². The molecule has 1 saturated heterocycles. The minimum absolute atomic E-state index is 0.0546. The summed E-state index contributed by atoms with van der Waals surface area (Å²) in [6.45, 7) is 7.94. The van der Waals surface area contributed by atoms with Gasteiger partial charge in [-0.3, -0.25) is 9.69 Å². The summed E-state index contributed by atoms with van der Waals surface area (Å²) < 4.78 is 31.0. The van der Waals surface area contributed by atoms with Crippen molar-refractivity contribution in [3.8, 4) is 45.8 Å². The number of methoxy groups -OCH3 is 2. The van der Waals surface area contributed by atoms with Crippen LogP contribution in [0.3, 0.4) is 0 Å². The van der Waals surface area contributed by atoms with Crippen LogP contribution in [0.25, 0.3) is 50.3 Å². The number of oxazole rings is 1. The average molecular weight is 744 g/mol. The Morgan fingerprint density at radius 2 is 1.78 bits per heavy atom. The summed E-state index contributed by atoms with van der Waals surface area (Å²) >= 11 is 0. The molecule has 13 nitrogen and oxygen atoms in total. The highest BCUT2D eigenvalue weighted by molar-refractivity contribution is 5.97. The van der Waals surface area contributed by atoms with Crippen molar-refractivity contribution < 1.29 is 38.1 Å². The first-order valence-corrected chi connectivity index (χ1v) is 17.8. The molecule has 282 valence electrons. The van der Waals surface area contributed by atoms with Gasteiger partial charge in [0.2, 0.25) is 5.89 Å². The molecule has 13 heteroatoms. The molecule has 0 spiro atoms. The zero-order valence-corrected chi connectivity index (χ0v) is 31.5. The number of hydrogen-bond donors (Lipinski definition) is 1. The van der Waals surface area contributed by atoms with E-state index in [1.165, 1.54) is 11.0 Å². The number of aliphatic hydroxyl groups excluding tert-OH is 1. The van der Waals surface area contributed by atoms with Crippen LogP contribution in [-0.2, 0) is 16.0 Å². The predicted molar refractivity (Wildman–Crippen MR) is 204 cm³/mol. The van der Waals surface area contributed by atoms with Gasteiger partial charge < -0.3 is 28.5 Å². The van der Waals surface area contributed by atoms with Gasteiger partial charge in [0.05, 0.1) is 68.0 Å². The van der Waals surface area contributed by atoms with Crippen LogP contribution in [0.15, 0.2) is 71.3 Å². The van der Waals surface area contributed by atoms with Crippen LogP contribution in [-0.4, -0.2) is 82.3 Å². The van der Waals surface area contributed by atoms with E-state index in [9.17, 15) is 20.0 Å². The largest absolute Gasteiger partial charge is 0.496 e. The first kappa shape index (κ1) is 37.1. The molecule has 0 radical (unpaired) electrons. The fourth-order valence-corrected chi connectivity index (χ4v) is 7.10. The van der Waals surface area contributed by atoms with E-state index in [-0.39, 0.29) is 18.7 Å². The molecule has 1 aliphatic rings. The Labute approximate surface area is 317 Å². The second kappa shape index (κ2) is 14.9. The van der Waals surface area contributed by atoms with Crippen LogP contribution in [0.4, 0.5) is 4.79 Å². The number of carbonyl (C=O) groups excluding carboxylic acids is 2. The maximum atomic E-state index is 13.6. The molecule has 6 aromatic rings. The van der Waals surface area contributed by atoms with Crippen LogP contribution in [0.2, 0.25) is 0 Å². The number of rotatable bonds is 9. The van der Waals surface area contributed by atoms with Crippen molar-refractivity contribution in [2.45, 2.75) is 58.4 Å². The van der Waals surface area contributed by atoms with E-state index in [1.54, 1.807) is 51.9 Å². The number of fused-ring (bicyclic) bond motifs is 2. The van der Waals surface area contributed by atoms with Crippen molar-refractivity contribution in [3.05, 3.63) is 89.1 Å². The molecule has 2 atom stereocenters. The van der Waals surface area contributed by atoms with Crippen molar-refractivity contribution in [3.63, 3.8) is 0 Å². The molecular weight excluding hydrogens is 702 g/mol. The van der Waals surface area contributed by atoms with Gasteiger partial charge in [-0.15, -0.1) is 0 Å². The lowest BCUT2D eigenvalue weighted by Gasteiger charge is -2.38. The predicted octanol–water partition coefficient (Wildman–Crippen LogP) is 7.40. The molecule has 4 aromatic carbocycles. The highest BCUT2D eigenvalue weighted by atomic mass is 16.6. The van der Waals surface area contributed by atoms with Crippen molar-refractivity contribution in [2.75, 3.05) is 27.4 Å². The van der Waals surface area contributed by atoms with E-state index in [0.717, 1.165) is 33.2 Å². The smallest absolute Gasteiger partial charge is 0.410 e. The summed E-state index contributed by atoms with van der Waals surface area (Å²) in [5, 5.41) is 26.2. The van der Waals surface area contributed by atoms with E-state index in [0.29, 0.717) is 64.6 Å². The Kier molecular flexibility index (Phi) is 10.0. The molecule has 1 N–H and O–H groups in total. The summed E-state index contributed by atoms with van der Waals surface area (Å²) in [7, 11) is 3.11. The van der Waals surface area contributed by atoms with Crippen molar-refractivity contribution >= 4 is 34.4 Å². The highest BCUT2D eigenvalue weighted by Crippen LogP contribution is 2.39. The Balaban J connectivity index is 1.27. The summed E-state index contributed by atoms with van der Waals surface area (Å²) in [5.74, 6) is 1.27. The van der Waals surface area contributed by atoms with E-state index < -0.39 is 23.8 Å².